The van der Waals surface area contributed by atoms with Gasteiger partial charge in [-0.2, -0.15) is 0 Å². The van der Waals surface area contributed by atoms with Gasteiger partial charge in [0, 0.05) is 52.9 Å². The minimum atomic E-state index is 0.490. The van der Waals surface area contributed by atoms with Crippen LogP contribution in [0.1, 0.15) is 36.1 Å². The van der Waals surface area contributed by atoms with Crippen LogP contribution in [0.2, 0.25) is 0 Å². The molecule has 39 heavy (non-hydrogen) atoms. The zero-order chi connectivity index (χ0) is 27.4. The number of thiocarbonyl (C=S) groups is 2. The predicted molar refractivity (Wildman–Crippen MR) is 168 cm³/mol. The first kappa shape index (κ1) is 26.5. The van der Waals surface area contributed by atoms with Gasteiger partial charge in [-0.3, -0.25) is 0 Å². The summed E-state index contributed by atoms with van der Waals surface area (Å²) in [5.74, 6) is 14.5. The van der Waals surface area contributed by atoms with Gasteiger partial charge in [0.25, 0.3) is 0 Å². The quantitative estimate of drug-likeness (QED) is 0.181. The maximum absolute atomic E-state index is 5.45. The molecule has 5 rings (SSSR count). The molecule has 190 valence electrons. The summed E-state index contributed by atoms with van der Waals surface area (Å²) in [4.78, 5) is 4.53. The molecule has 0 aromatic heterocycles. The predicted octanol–water partition coefficient (Wildman–Crippen LogP) is 8.17. The van der Waals surface area contributed by atoms with Gasteiger partial charge in [0.1, 0.15) is 11.5 Å². The smallest absolute Gasteiger partial charge is 0.164 e. The molecule has 0 bridgehead atoms. The maximum Gasteiger partial charge on any atom is 0.164 e. The van der Waals surface area contributed by atoms with E-state index in [9.17, 15) is 0 Å². The van der Waals surface area contributed by atoms with Crippen molar-refractivity contribution in [3.63, 3.8) is 0 Å². The van der Waals surface area contributed by atoms with Crippen molar-refractivity contribution >= 4 is 57.7 Å². The Morgan fingerprint density at radius 2 is 0.949 bits per heavy atom. The van der Waals surface area contributed by atoms with Gasteiger partial charge in [-0.05, 0) is 109 Å². The molecule has 1 aliphatic heterocycles. The van der Waals surface area contributed by atoms with Crippen molar-refractivity contribution in [2.75, 3.05) is 11.9 Å². The lowest BCUT2D eigenvalue weighted by Gasteiger charge is -2.29. The van der Waals surface area contributed by atoms with E-state index in [4.69, 9.17) is 33.9 Å². The topological polar surface area (TPSA) is 21.7 Å². The van der Waals surface area contributed by atoms with Gasteiger partial charge < -0.3 is 14.4 Å². The molecule has 0 atom stereocenters. The zero-order valence-electron chi connectivity index (χ0n) is 21.6. The van der Waals surface area contributed by atoms with Gasteiger partial charge in [0.05, 0.1) is 11.4 Å². The van der Waals surface area contributed by atoms with Gasteiger partial charge in [0.15, 0.2) is 10.1 Å². The first-order valence-electron chi connectivity index (χ1n) is 12.1. The molecule has 0 fully saturated rings. The van der Waals surface area contributed by atoms with Crippen LogP contribution in [0.15, 0.2) is 94.7 Å². The summed E-state index contributed by atoms with van der Waals surface area (Å²) in [7, 11) is 2.09. The summed E-state index contributed by atoms with van der Waals surface area (Å²) in [6.07, 6.45) is 0. The minimum absolute atomic E-state index is 0.490. The van der Waals surface area contributed by atoms with Crippen LogP contribution < -0.4 is 14.4 Å². The molecule has 1 heterocycles. The number of nitrogens with zero attached hydrogens (tertiary/aromatic N) is 1. The highest BCUT2D eigenvalue weighted by Crippen LogP contribution is 2.47. The third-order valence-electron chi connectivity index (χ3n) is 5.80. The average molecular weight is 562 g/mol. The highest BCUT2D eigenvalue weighted by Gasteiger charge is 2.21. The van der Waals surface area contributed by atoms with Crippen molar-refractivity contribution in [1.82, 2.24) is 0 Å². The Bertz CT molecular complexity index is 1580. The Balaban J connectivity index is 1.33. The molecule has 0 amide bonds. The van der Waals surface area contributed by atoms with Crippen LogP contribution >= 0.6 is 36.2 Å². The highest BCUT2D eigenvalue weighted by atomic mass is 32.2. The number of hydrogen-bond donors (Lipinski definition) is 0. The lowest BCUT2D eigenvalue weighted by Crippen LogP contribution is -2.14. The van der Waals surface area contributed by atoms with E-state index in [1.165, 1.54) is 0 Å². The molecule has 0 aliphatic carbocycles. The van der Waals surface area contributed by atoms with Crippen molar-refractivity contribution in [3.05, 3.63) is 107 Å². The van der Waals surface area contributed by atoms with E-state index in [2.05, 4.69) is 72.0 Å². The third-order valence-corrected chi connectivity index (χ3v) is 7.06. The van der Waals surface area contributed by atoms with E-state index in [0.717, 1.165) is 43.4 Å². The third kappa shape index (κ3) is 6.69. The molecule has 6 heteroatoms. The summed E-state index contributed by atoms with van der Waals surface area (Å²) in [6, 6.07) is 27.9. The summed E-state index contributed by atoms with van der Waals surface area (Å²) >= 11 is 11.7. The van der Waals surface area contributed by atoms with Crippen LogP contribution in [0.5, 0.6) is 11.5 Å². The molecule has 0 saturated heterocycles. The Kier molecular flexibility index (Phi) is 8.00. The van der Waals surface area contributed by atoms with Gasteiger partial charge in [-0.15, -0.1) is 0 Å². The van der Waals surface area contributed by atoms with Crippen LogP contribution in [0.25, 0.3) is 0 Å². The van der Waals surface area contributed by atoms with E-state index >= 15 is 0 Å². The number of fused-ring (bicyclic) bond motifs is 2. The summed E-state index contributed by atoms with van der Waals surface area (Å²) in [5.41, 5.74) is 6.05. The van der Waals surface area contributed by atoms with Crippen LogP contribution in [-0.2, 0) is 0 Å². The fourth-order valence-corrected chi connectivity index (χ4v) is 5.40. The lowest BCUT2D eigenvalue weighted by atomic mass is 10.1. The van der Waals surface area contributed by atoms with E-state index in [1.54, 1.807) is 25.6 Å². The standard InChI is InChI=1S/C33H23NO2S3/c1-22(37)35-28-14-8-24(9-15-28)4-6-26-12-18-30-32(20-26)39-33-21-27(13-19-31(33)34(30)3)7-5-25-10-16-29(17-11-25)36-23(2)38/h8-21H,1-3H3. The Morgan fingerprint density at radius 1 is 0.590 bits per heavy atom. The molecule has 4 aromatic carbocycles. The summed E-state index contributed by atoms with van der Waals surface area (Å²) in [5, 5.41) is 0.981. The summed E-state index contributed by atoms with van der Waals surface area (Å²) < 4.78 is 10.9. The van der Waals surface area contributed by atoms with Crippen LogP contribution in [0.4, 0.5) is 11.4 Å². The average Bonchev–Trinajstić information content (AvgIpc) is 2.91. The van der Waals surface area contributed by atoms with Crippen molar-refractivity contribution in [1.29, 1.82) is 0 Å². The first-order valence-corrected chi connectivity index (χ1v) is 13.8. The van der Waals surface area contributed by atoms with Crippen molar-refractivity contribution < 1.29 is 9.47 Å². The molecule has 0 saturated carbocycles. The second kappa shape index (κ2) is 11.8. The second-order valence-corrected chi connectivity index (χ2v) is 11.0. The number of hydrogen-bond acceptors (Lipinski definition) is 6. The molecule has 4 aromatic rings. The van der Waals surface area contributed by atoms with Crippen LogP contribution in [0, 0.1) is 23.7 Å². The fourth-order valence-electron chi connectivity index (χ4n) is 3.98. The van der Waals surface area contributed by atoms with E-state index < -0.39 is 0 Å². The SMILES string of the molecule is CC(=S)Oc1ccc(C#Cc2ccc3c(c2)Sc2cc(C#Cc4ccc(OC(C)=S)cc4)ccc2N3C)cc1. The zero-order valence-corrected chi connectivity index (χ0v) is 24.0. The van der Waals surface area contributed by atoms with E-state index in [-0.39, 0.29) is 0 Å². The molecule has 3 nitrogen and oxygen atoms in total. The number of anilines is 2. The number of benzene rings is 4. The molecule has 0 radical (unpaired) electrons. The van der Waals surface area contributed by atoms with E-state index in [1.807, 2.05) is 48.5 Å². The molecule has 0 unspecified atom stereocenters. The molecular weight excluding hydrogens is 539 g/mol. The Hall–Kier alpha value is -4.07. The van der Waals surface area contributed by atoms with E-state index in [0.29, 0.717) is 21.6 Å². The van der Waals surface area contributed by atoms with Gasteiger partial charge in [-0.25, -0.2) is 0 Å². The first-order chi connectivity index (χ1) is 18.8. The lowest BCUT2D eigenvalue weighted by molar-refractivity contribution is 0.561. The van der Waals surface area contributed by atoms with Crippen molar-refractivity contribution in [2.24, 2.45) is 0 Å². The van der Waals surface area contributed by atoms with Crippen molar-refractivity contribution in [2.45, 2.75) is 23.6 Å². The van der Waals surface area contributed by atoms with Gasteiger partial charge >= 0.3 is 0 Å². The van der Waals surface area contributed by atoms with Gasteiger partial charge in [0.2, 0.25) is 0 Å². The Labute approximate surface area is 244 Å². The summed E-state index contributed by atoms with van der Waals surface area (Å²) in [6.45, 7) is 3.50. The maximum atomic E-state index is 5.45. The van der Waals surface area contributed by atoms with Crippen LogP contribution in [0.3, 0.4) is 0 Å². The van der Waals surface area contributed by atoms with Crippen molar-refractivity contribution in [3.8, 4) is 35.2 Å². The second-order valence-electron chi connectivity index (χ2n) is 8.76. The number of rotatable bonds is 2. The normalized spacial score (nSPS) is 11.1. The molecule has 1 aliphatic rings. The molecule has 0 spiro atoms. The largest absolute Gasteiger partial charge is 0.451 e. The van der Waals surface area contributed by atoms with Crippen LogP contribution in [-0.4, -0.2) is 17.1 Å². The Morgan fingerprint density at radius 3 is 1.33 bits per heavy atom. The number of ether oxygens (including phenoxy) is 2. The molecular formula is C33H23NO2S3. The monoisotopic (exact) mass is 561 g/mol. The minimum Gasteiger partial charge on any atom is -0.451 e. The molecule has 0 N–H and O–H groups in total. The fraction of sp³-hybridized carbons (Fsp3) is 0.0909. The van der Waals surface area contributed by atoms with Gasteiger partial charge in [-0.1, -0.05) is 35.4 Å². The highest BCUT2D eigenvalue weighted by molar-refractivity contribution is 7.99.